The molecule has 0 fully saturated rings. The highest BCUT2D eigenvalue weighted by molar-refractivity contribution is 5.74. The molecule has 0 aromatic heterocycles. The summed E-state index contributed by atoms with van der Waals surface area (Å²) in [6.07, 6.45) is -1.30. The molecule has 1 aromatic carbocycles. The zero-order chi connectivity index (χ0) is 12.7. The van der Waals surface area contributed by atoms with Gasteiger partial charge in [0.2, 0.25) is 0 Å². The first kappa shape index (κ1) is 13.0. The molecule has 17 heavy (non-hydrogen) atoms. The second-order valence-electron chi connectivity index (χ2n) is 3.22. The molecule has 0 bridgehead atoms. The number of aliphatic hydroxyl groups is 1. The summed E-state index contributed by atoms with van der Waals surface area (Å²) < 4.78 is 9.79. The lowest BCUT2D eigenvalue weighted by Gasteiger charge is -2.11. The van der Waals surface area contributed by atoms with Gasteiger partial charge >= 0.3 is 5.97 Å². The lowest BCUT2D eigenvalue weighted by atomic mass is 10.2. The van der Waals surface area contributed by atoms with Crippen LogP contribution in [0.15, 0.2) is 24.3 Å². The summed E-state index contributed by atoms with van der Waals surface area (Å²) in [6, 6.07) is 8.34. The SMILES string of the molecule is CCOC(=O)[C@H](O)COc1ccc(C#N)cc1. The average Bonchev–Trinajstić information content (AvgIpc) is 2.36. The Labute approximate surface area is 99.2 Å². The number of hydrogen-bond acceptors (Lipinski definition) is 5. The van der Waals surface area contributed by atoms with Crippen molar-refractivity contribution in [2.45, 2.75) is 13.0 Å². The summed E-state index contributed by atoms with van der Waals surface area (Å²) in [7, 11) is 0. The van der Waals surface area contributed by atoms with Crippen LogP contribution < -0.4 is 4.74 Å². The highest BCUT2D eigenvalue weighted by Crippen LogP contribution is 2.11. The number of nitriles is 1. The van der Waals surface area contributed by atoms with E-state index in [1.54, 1.807) is 31.2 Å². The zero-order valence-electron chi connectivity index (χ0n) is 9.42. The van der Waals surface area contributed by atoms with Crippen molar-refractivity contribution in [3.63, 3.8) is 0 Å². The predicted molar refractivity (Wildman–Crippen MR) is 59.3 cm³/mol. The standard InChI is InChI=1S/C12H13NO4/c1-2-16-12(15)11(14)8-17-10-5-3-9(7-13)4-6-10/h3-6,11,14H,2,8H2,1H3/t11-/m1/s1. The van der Waals surface area contributed by atoms with E-state index < -0.39 is 12.1 Å². The molecule has 0 aliphatic rings. The highest BCUT2D eigenvalue weighted by Gasteiger charge is 2.16. The van der Waals surface area contributed by atoms with E-state index in [9.17, 15) is 9.90 Å². The van der Waals surface area contributed by atoms with E-state index in [-0.39, 0.29) is 13.2 Å². The largest absolute Gasteiger partial charge is 0.490 e. The average molecular weight is 235 g/mol. The third-order valence-electron chi connectivity index (χ3n) is 1.95. The predicted octanol–water partition coefficient (Wildman–Crippen LogP) is 0.861. The van der Waals surface area contributed by atoms with Crippen LogP contribution in [0.1, 0.15) is 12.5 Å². The van der Waals surface area contributed by atoms with Crippen molar-refractivity contribution in [1.29, 1.82) is 5.26 Å². The second kappa shape index (κ2) is 6.51. The molecule has 0 amide bonds. The minimum absolute atomic E-state index is 0.176. The molecule has 0 heterocycles. The lowest BCUT2D eigenvalue weighted by Crippen LogP contribution is -2.29. The van der Waals surface area contributed by atoms with Crippen molar-refractivity contribution in [3.05, 3.63) is 29.8 Å². The maximum Gasteiger partial charge on any atom is 0.338 e. The van der Waals surface area contributed by atoms with Gasteiger partial charge in [0, 0.05) is 0 Å². The van der Waals surface area contributed by atoms with E-state index >= 15 is 0 Å². The van der Waals surface area contributed by atoms with Crippen molar-refractivity contribution >= 4 is 5.97 Å². The van der Waals surface area contributed by atoms with Crippen LogP contribution in [0.5, 0.6) is 5.75 Å². The monoisotopic (exact) mass is 235 g/mol. The van der Waals surface area contributed by atoms with Gasteiger partial charge in [-0.15, -0.1) is 0 Å². The molecule has 1 atom stereocenters. The van der Waals surface area contributed by atoms with E-state index in [4.69, 9.17) is 10.00 Å². The number of benzene rings is 1. The fraction of sp³-hybridized carbons (Fsp3) is 0.333. The van der Waals surface area contributed by atoms with Crippen molar-refractivity contribution in [3.8, 4) is 11.8 Å². The van der Waals surface area contributed by atoms with Crippen molar-refractivity contribution < 1.29 is 19.4 Å². The second-order valence-corrected chi connectivity index (χ2v) is 3.22. The summed E-state index contributed by atoms with van der Waals surface area (Å²) in [5.41, 5.74) is 0.517. The van der Waals surface area contributed by atoms with Gasteiger partial charge in [0.15, 0.2) is 6.10 Å². The summed E-state index contributed by atoms with van der Waals surface area (Å²) in [5, 5.41) is 17.9. The summed E-state index contributed by atoms with van der Waals surface area (Å²) in [4.78, 5) is 11.1. The van der Waals surface area contributed by atoms with E-state index in [1.165, 1.54) is 0 Å². The molecule has 0 aliphatic carbocycles. The van der Waals surface area contributed by atoms with Gasteiger partial charge in [0.25, 0.3) is 0 Å². The van der Waals surface area contributed by atoms with Crippen LogP contribution in [0.4, 0.5) is 0 Å². The number of hydrogen-bond donors (Lipinski definition) is 1. The van der Waals surface area contributed by atoms with Gasteiger partial charge in [0.05, 0.1) is 18.2 Å². The molecule has 1 N–H and O–H groups in total. The highest BCUT2D eigenvalue weighted by atomic mass is 16.6. The smallest absolute Gasteiger partial charge is 0.338 e. The number of carbonyl (C=O) groups excluding carboxylic acids is 1. The Morgan fingerprint density at radius 3 is 2.65 bits per heavy atom. The number of rotatable bonds is 5. The summed E-state index contributed by atoms with van der Waals surface area (Å²) in [5.74, 6) is -0.228. The lowest BCUT2D eigenvalue weighted by molar-refractivity contribution is -0.154. The minimum atomic E-state index is -1.30. The topological polar surface area (TPSA) is 79.6 Å². The van der Waals surface area contributed by atoms with Gasteiger partial charge in [0.1, 0.15) is 12.4 Å². The molecule has 1 aromatic rings. The van der Waals surface area contributed by atoms with Crippen LogP contribution >= 0.6 is 0 Å². The van der Waals surface area contributed by atoms with E-state index in [0.717, 1.165) is 0 Å². The molecule has 0 unspecified atom stereocenters. The van der Waals surface area contributed by atoms with Crippen LogP contribution in [-0.4, -0.2) is 30.4 Å². The number of nitrogens with zero attached hydrogens (tertiary/aromatic N) is 1. The maximum absolute atomic E-state index is 11.1. The Balaban J connectivity index is 2.44. The molecule has 0 saturated carbocycles. The third kappa shape index (κ3) is 4.13. The quantitative estimate of drug-likeness (QED) is 0.766. The molecule has 0 aliphatic heterocycles. The molecule has 90 valence electrons. The van der Waals surface area contributed by atoms with Gasteiger partial charge in [-0.3, -0.25) is 0 Å². The summed E-state index contributed by atoms with van der Waals surface area (Å²) >= 11 is 0. The van der Waals surface area contributed by atoms with Crippen LogP contribution in [0.25, 0.3) is 0 Å². The van der Waals surface area contributed by atoms with Gasteiger partial charge in [-0.1, -0.05) is 0 Å². The molecule has 0 radical (unpaired) electrons. The van der Waals surface area contributed by atoms with Crippen molar-refractivity contribution in [2.24, 2.45) is 0 Å². The van der Waals surface area contributed by atoms with Crippen LogP contribution in [0.2, 0.25) is 0 Å². The van der Waals surface area contributed by atoms with Crippen LogP contribution in [0.3, 0.4) is 0 Å². The fourth-order valence-electron chi connectivity index (χ4n) is 1.11. The first-order chi connectivity index (χ1) is 8.17. The molecular formula is C12H13NO4. The van der Waals surface area contributed by atoms with Crippen molar-refractivity contribution in [2.75, 3.05) is 13.2 Å². The Bertz CT molecular complexity index is 408. The number of aliphatic hydroxyl groups excluding tert-OH is 1. The molecule has 5 heteroatoms. The number of esters is 1. The summed E-state index contributed by atoms with van der Waals surface area (Å²) in [6.45, 7) is 1.70. The molecule has 0 saturated heterocycles. The van der Waals surface area contributed by atoms with Crippen LogP contribution in [-0.2, 0) is 9.53 Å². The van der Waals surface area contributed by atoms with E-state index in [2.05, 4.69) is 4.74 Å². The fourth-order valence-corrected chi connectivity index (χ4v) is 1.11. The zero-order valence-corrected chi connectivity index (χ0v) is 9.42. The molecular weight excluding hydrogens is 222 g/mol. The minimum Gasteiger partial charge on any atom is -0.490 e. The van der Waals surface area contributed by atoms with Gasteiger partial charge in [-0.05, 0) is 31.2 Å². The van der Waals surface area contributed by atoms with E-state index in [0.29, 0.717) is 11.3 Å². The van der Waals surface area contributed by atoms with Gasteiger partial charge in [-0.25, -0.2) is 4.79 Å². The third-order valence-corrected chi connectivity index (χ3v) is 1.95. The number of carbonyl (C=O) groups is 1. The molecule has 5 nitrogen and oxygen atoms in total. The van der Waals surface area contributed by atoms with Crippen LogP contribution in [0, 0.1) is 11.3 Å². The normalized spacial score (nSPS) is 11.4. The van der Waals surface area contributed by atoms with Gasteiger partial charge in [-0.2, -0.15) is 5.26 Å². The first-order valence-electron chi connectivity index (χ1n) is 5.15. The first-order valence-corrected chi connectivity index (χ1v) is 5.15. The van der Waals surface area contributed by atoms with E-state index in [1.807, 2.05) is 6.07 Å². The Kier molecular flexibility index (Phi) is 4.98. The number of ether oxygens (including phenoxy) is 2. The Morgan fingerprint density at radius 1 is 1.47 bits per heavy atom. The van der Waals surface area contributed by atoms with Crippen molar-refractivity contribution in [1.82, 2.24) is 0 Å². The maximum atomic E-state index is 11.1. The molecule has 1 rings (SSSR count). The Morgan fingerprint density at radius 2 is 2.12 bits per heavy atom. The van der Waals surface area contributed by atoms with Gasteiger partial charge < -0.3 is 14.6 Å². The Hall–Kier alpha value is -2.06. The molecule has 0 spiro atoms.